The maximum atomic E-state index is 13.9. The molecule has 1 aromatic heterocycles. The van der Waals surface area contributed by atoms with Crippen LogP contribution in [0.3, 0.4) is 0 Å². The Morgan fingerprint density at radius 1 is 1.29 bits per heavy atom. The van der Waals surface area contributed by atoms with Crippen molar-refractivity contribution >= 4 is 61.2 Å². The number of benzene rings is 2. The summed E-state index contributed by atoms with van der Waals surface area (Å²) in [5.41, 5.74) is 6.22. The van der Waals surface area contributed by atoms with E-state index in [1.807, 2.05) is 41.8 Å². The monoisotopic (exact) mass is 515 g/mol. The van der Waals surface area contributed by atoms with Gasteiger partial charge in [0.25, 0.3) is 0 Å². The highest BCUT2D eigenvalue weighted by Gasteiger charge is 2.07. The van der Waals surface area contributed by atoms with Gasteiger partial charge in [-0.1, -0.05) is 46.3 Å². The predicted molar refractivity (Wildman–Crippen MR) is 111 cm³/mol. The first kappa shape index (κ1) is 17.5. The maximum absolute atomic E-state index is 13.9. The number of thiazole rings is 1. The van der Waals surface area contributed by atoms with Gasteiger partial charge in [0.15, 0.2) is 0 Å². The van der Waals surface area contributed by atoms with Crippen LogP contribution in [-0.4, -0.2) is 11.2 Å². The maximum Gasteiger partial charge on any atom is 0.203 e. The van der Waals surface area contributed by atoms with Gasteiger partial charge in [0.1, 0.15) is 5.82 Å². The van der Waals surface area contributed by atoms with Crippen LogP contribution in [0, 0.1) is 9.39 Å². The van der Waals surface area contributed by atoms with Crippen LogP contribution in [0.2, 0.25) is 0 Å². The van der Waals surface area contributed by atoms with Crippen molar-refractivity contribution in [2.24, 2.45) is 5.10 Å². The summed E-state index contributed by atoms with van der Waals surface area (Å²) in [7, 11) is 0. The highest BCUT2D eigenvalue weighted by atomic mass is 127. The third kappa shape index (κ3) is 4.20. The number of halogens is 3. The van der Waals surface area contributed by atoms with Crippen LogP contribution < -0.4 is 5.43 Å². The Labute approximate surface area is 165 Å². The molecule has 3 aromatic rings. The molecule has 0 aliphatic rings. The molecule has 0 spiro atoms. The van der Waals surface area contributed by atoms with E-state index in [0.29, 0.717) is 21.6 Å². The normalized spacial score (nSPS) is 11.1. The number of nitrogens with zero attached hydrogens (tertiary/aromatic N) is 2. The lowest BCUT2D eigenvalue weighted by molar-refractivity contribution is 0.616. The summed E-state index contributed by atoms with van der Waals surface area (Å²) in [6.45, 7) is 0. The van der Waals surface area contributed by atoms with Crippen molar-refractivity contribution in [1.29, 1.82) is 0 Å². The predicted octanol–water partition coefficient (Wildman–Crippen LogP) is 5.89. The number of anilines is 1. The van der Waals surface area contributed by atoms with E-state index in [9.17, 15) is 4.39 Å². The third-order valence-corrected chi connectivity index (χ3v) is 5.51. The zero-order valence-electron chi connectivity index (χ0n) is 12.3. The summed E-state index contributed by atoms with van der Waals surface area (Å²) in [6, 6.07) is 13.3. The molecule has 0 atom stereocenters. The lowest BCUT2D eigenvalue weighted by Crippen LogP contribution is -1.96. The molecule has 0 fully saturated rings. The van der Waals surface area contributed by atoms with Gasteiger partial charge in [0.05, 0.1) is 11.9 Å². The Hall–Kier alpha value is -1.32. The Bertz CT molecular complexity index is 844. The third-order valence-electron chi connectivity index (χ3n) is 3.24. The average molecular weight is 516 g/mol. The zero-order chi connectivity index (χ0) is 16.9. The first-order valence-electron chi connectivity index (χ1n) is 7.01. The van der Waals surface area contributed by atoms with Crippen molar-refractivity contribution in [3.05, 3.63) is 68.4 Å². The molecular weight excluding hydrogens is 504 g/mol. The van der Waals surface area contributed by atoms with Gasteiger partial charge in [0.2, 0.25) is 5.13 Å². The van der Waals surface area contributed by atoms with E-state index < -0.39 is 0 Å². The van der Waals surface area contributed by atoms with Gasteiger partial charge in [-0.05, 0) is 40.3 Å². The van der Waals surface area contributed by atoms with E-state index in [0.717, 1.165) is 14.8 Å². The van der Waals surface area contributed by atoms with Crippen LogP contribution in [0.25, 0.3) is 11.3 Å². The molecule has 0 saturated heterocycles. The average Bonchev–Trinajstić information content (AvgIpc) is 3.04. The summed E-state index contributed by atoms with van der Waals surface area (Å²) in [5.74, 6) is -0.235. The lowest BCUT2D eigenvalue weighted by atomic mass is 10.1. The van der Waals surface area contributed by atoms with Crippen molar-refractivity contribution < 1.29 is 4.39 Å². The number of alkyl halides is 1. The smallest absolute Gasteiger partial charge is 0.203 e. The minimum absolute atomic E-state index is 0.235. The van der Waals surface area contributed by atoms with Crippen molar-refractivity contribution in [3.63, 3.8) is 0 Å². The van der Waals surface area contributed by atoms with Crippen LogP contribution in [0.4, 0.5) is 9.52 Å². The van der Waals surface area contributed by atoms with Crippen molar-refractivity contribution in [1.82, 2.24) is 4.98 Å². The Balaban J connectivity index is 1.70. The quantitative estimate of drug-likeness (QED) is 0.199. The second kappa shape index (κ2) is 8.17. The standard InChI is InChI=1S/C17H12BrFIN3S/c18-8-13-14(19)6-11(7-15(13)20)9-21-23-17-22-16(10-24-17)12-4-2-1-3-5-12/h1-7,9-10H,8H2,(H,22,23). The molecule has 0 amide bonds. The topological polar surface area (TPSA) is 37.3 Å². The van der Waals surface area contributed by atoms with Gasteiger partial charge < -0.3 is 0 Å². The highest BCUT2D eigenvalue weighted by Crippen LogP contribution is 2.24. The van der Waals surface area contributed by atoms with Crippen LogP contribution in [0.5, 0.6) is 0 Å². The minimum atomic E-state index is -0.235. The fraction of sp³-hybridized carbons (Fsp3) is 0.0588. The van der Waals surface area contributed by atoms with Crippen molar-refractivity contribution in [2.45, 2.75) is 5.33 Å². The number of aromatic nitrogens is 1. The Morgan fingerprint density at radius 2 is 2.08 bits per heavy atom. The molecular formula is C17H12BrFIN3S. The van der Waals surface area contributed by atoms with Gasteiger partial charge in [-0.25, -0.2) is 9.37 Å². The minimum Gasteiger partial charge on any atom is -0.253 e. The molecule has 0 bridgehead atoms. The van der Waals surface area contributed by atoms with Gasteiger partial charge in [0, 0.05) is 25.4 Å². The lowest BCUT2D eigenvalue weighted by Gasteiger charge is -2.04. The van der Waals surface area contributed by atoms with E-state index in [1.165, 1.54) is 17.4 Å². The molecule has 7 heteroatoms. The Morgan fingerprint density at radius 3 is 2.79 bits per heavy atom. The van der Waals surface area contributed by atoms with Gasteiger partial charge in [-0.2, -0.15) is 5.10 Å². The van der Waals surface area contributed by atoms with Crippen LogP contribution in [0.15, 0.2) is 52.9 Å². The van der Waals surface area contributed by atoms with Crippen LogP contribution >= 0.6 is 49.9 Å². The zero-order valence-corrected chi connectivity index (χ0v) is 16.9. The van der Waals surface area contributed by atoms with Crippen LogP contribution in [0.1, 0.15) is 11.1 Å². The van der Waals surface area contributed by atoms with E-state index in [4.69, 9.17) is 0 Å². The molecule has 0 aliphatic carbocycles. The number of hydrogen-bond acceptors (Lipinski definition) is 4. The largest absolute Gasteiger partial charge is 0.253 e. The number of rotatable bonds is 5. The summed E-state index contributed by atoms with van der Waals surface area (Å²) in [4.78, 5) is 4.49. The molecule has 3 nitrogen and oxygen atoms in total. The number of hydrazone groups is 1. The van der Waals surface area contributed by atoms with Crippen molar-refractivity contribution in [2.75, 3.05) is 5.43 Å². The molecule has 24 heavy (non-hydrogen) atoms. The molecule has 122 valence electrons. The Kier molecular flexibility index (Phi) is 5.96. The highest BCUT2D eigenvalue weighted by molar-refractivity contribution is 14.1. The summed E-state index contributed by atoms with van der Waals surface area (Å²) < 4.78 is 14.8. The first-order chi connectivity index (χ1) is 11.7. The van der Waals surface area contributed by atoms with E-state index in [2.05, 4.69) is 54.0 Å². The molecule has 3 rings (SSSR count). The first-order valence-corrected chi connectivity index (χ1v) is 10.1. The fourth-order valence-electron chi connectivity index (χ4n) is 2.05. The summed E-state index contributed by atoms with van der Waals surface area (Å²) in [6.07, 6.45) is 1.59. The summed E-state index contributed by atoms with van der Waals surface area (Å²) in [5, 5.41) is 7.31. The molecule has 0 saturated carbocycles. The molecule has 0 unspecified atom stereocenters. The SMILES string of the molecule is Fc1cc(C=NNc2nc(-c3ccccc3)cs2)cc(I)c1CBr. The summed E-state index contributed by atoms with van der Waals surface area (Å²) >= 11 is 6.89. The molecule has 1 heterocycles. The van der Waals surface area contributed by atoms with Gasteiger partial charge in [-0.3, -0.25) is 5.43 Å². The number of nitrogens with one attached hydrogen (secondary N) is 1. The second-order valence-corrected chi connectivity index (χ2v) is 7.45. The molecule has 2 aromatic carbocycles. The van der Waals surface area contributed by atoms with E-state index in [1.54, 1.807) is 6.21 Å². The van der Waals surface area contributed by atoms with Gasteiger partial charge in [-0.15, -0.1) is 11.3 Å². The van der Waals surface area contributed by atoms with Crippen LogP contribution in [-0.2, 0) is 5.33 Å². The van der Waals surface area contributed by atoms with Gasteiger partial charge >= 0.3 is 0 Å². The van der Waals surface area contributed by atoms with E-state index >= 15 is 0 Å². The van der Waals surface area contributed by atoms with Crippen molar-refractivity contribution in [3.8, 4) is 11.3 Å². The molecule has 0 radical (unpaired) electrons. The molecule has 0 aliphatic heterocycles. The number of hydrogen-bond donors (Lipinski definition) is 1. The fourth-order valence-corrected chi connectivity index (χ4v) is 4.62. The molecule has 1 N–H and O–H groups in total. The second-order valence-electron chi connectivity index (χ2n) is 4.87. The van der Waals surface area contributed by atoms with E-state index in [-0.39, 0.29) is 5.82 Å².